The van der Waals surface area contributed by atoms with E-state index in [1.807, 2.05) is 0 Å². The van der Waals surface area contributed by atoms with Gasteiger partial charge in [-0.15, -0.1) is 12.4 Å². The number of halogens is 1. The van der Waals surface area contributed by atoms with Gasteiger partial charge < -0.3 is 10.2 Å². The van der Waals surface area contributed by atoms with Crippen molar-refractivity contribution in [1.29, 1.82) is 0 Å². The predicted molar refractivity (Wildman–Crippen MR) is 76.8 cm³/mol. The Balaban J connectivity index is 0.00000144. The fourth-order valence-corrected chi connectivity index (χ4v) is 3.25. The fraction of sp³-hybridized carbons (Fsp3) is 1.00. The van der Waals surface area contributed by atoms with E-state index in [1.54, 1.807) is 0 Å². The number of hydrogen-bond donors (Lipinski definition) is 1. The van der Waals surface area contributed by atoms with Crippen LogP contribution in [0.15, 0.2) is 0 Å². The molecule has 17 heavy (non-hydrogen) atoms. The van der Waals surface area contributed by atoms with E-state index in [4.69, 9.17) is 0 Å². The summed E-state index contributed by atoms with van der Waals surface area (Å²) in [5.41, 5.74) is 0. The molecule has 0 radical (unpaired) electrons. The molecule has 0 spiro atoms. The van der Waals surface area contributed by atoms with Crippen molar-refractivity contribution in [2.24, 2.45) is 17.8 Å². The summed E-state index contributed by atoms with van der Waals surface area (Å²) in [5.74, 6) is 2.73. The lowest BCUT2D eigenvalue weighted by atomic mass is 9.87. The van der Waals surface area contributed by atoms with Crippen LogP contribution in [0.1, 0.15) is 39.5 Å². The van der Waals surface area contributed by atoms with E-state index in [1.165, 1.54) is 58.4 Å². The van der Waals surface area contributed by atoms with Crippen LogP contribution in [0, 0.1) is 17.8 Å². The van der Waals surface area contributed by atoms with Gasteiger partial charge in [0.1, 0.15) is 0 Å². The standard InChI is InChI=1S/C14H28N2.ClH/c1-12(2)14-6-4-8-16(11-14)10-13-5-3-7-15-9-13;/h12-15H,3-11H2,1-2H3;1H. The molecule has 2 unspecified atom stereocenters. The van der Waals surface area contributed by atoms with Gasteiger partial charge in [0, 0.05) is 13.1 Å². The van der Waals surface area contributed by atoms with Crippen molar-refractivity contribution in [1.82, 2.24) is 10.2 Å². The molecule has 2 nitrogen and oxygen atoms in total. The summed E-state index contributed by atoms with van der Waals surface area (Å²) < 4.78 is 0. The minimum Gasteiger partial charge on any atom is -0.316 e. The zero-order valence-electron chi connectivity index (χ0n) is 11.5. The smallest absolute Gasteiger partial charge is 0.00219 e. The highest BCUT2D eigenvalue weighted by Crippen LogP contribution is 2.24. The Kier molecular flexibility index (Phi) is 6.83. The van der Waals surface area contributed by atoms with Crippen LogP contribution in [-0.2, 0) is 0 Å². The zero-order chi connectivity index (χ0) is 11.4. The summed E-state index contributed by atoms with van der Waals surface area (Å²) in [7, 11) is 0. The molecule has 2 fully saturated rings. The van der Waals surface area contributed by atoms with Gasteiger partial charge in [0.25, 0.3) is 0 Å². The largest absolute Gasteiger partial charge is 0.316 e. The first-order chi connectivity index (χ1) is 7.75. The van der Waals surface area contributed by atoms with Gasteiger partial charge in [-0.2, -0.15) is 0 Å². The molecule has 2 heterocycles. The van der Waals surface area contributed by atoms with Crippen LogP contribution in [0.5, 0.6) is 0 Å². The molecule has 0 amide bonds. The Labute approximate surface area is 113 Å². The van der Waals surface area contributed by atoms with Gasteiger partial charge in [-0.05, 0) is 63.1 Å². The first-order valence-electron chi connectivity index (χ1n) is 7.19. The molecule has 0 bridgehead atoms. The summed E-state index contributed by atoms with van der Waals surface area (Å²) in [6, 6.07) is 0. The van der Waals surface area contributed by atoms with E-state index in [0.29, 0.717) is 0 Å². The van der Waals surface area contributed by atoms with Crippen molar-refractivity contribution in [3.05, 3.63) is 0 Å². The van der Waals surface area contributed by atoms with Crippen LogP contribution < -0.4 is 5.32 Å². The molecule has 2 saturated heterocycles. The average molecular weight is 261 g/mol. The minimum atomic E-state index is 0. The number of hydrogen-bond acceptors (Lipinski definition) is 2. The molecule has 0 saturated carbocycles. The van der Waals surface area contributed by atoms with E-state index in [-0.39, 0.29) is 12.4 Å². The molecule has 102 valence electrons. The molecule has 0 aromatic carbocycles. The number of nitrogens with zero attached hydrogens (tertiary/aromatic N) is 1. The van der Waals surface area contributed by atoms with Crippen LogP contribution in [-0.4, -0.2) is 37.6 Å². The zero-order valence-corrected chi connectivity index (χ0v) is 12.3. The second kappa shape index (κ2) is 7.60. The molecule has 3 heteroatoms. The SMILES string of the molecule is CC(C)C1CCCN(CC2CCCNC2)C1.Cl. The summed E-state index contributed by atoms with van der Waals surface area (Å²) >= 11 is 0. The summed E-state index contributed by atoms with van der Waals surface area (Å²) in [6.07, 6.45) is 5.70. The van der Waals surface area contributed by atoms with Gasteiger partial charge in [0.15, 0.2) is 0 Å². The number of piperidine rings is 2. The van der Waals surface area contributed by atoms with E-state index < -0.39 is 0 Å². The van der Waals surface area contributed by atoms with Gasteiger partial charge in [-0.3, -0.25) is 0 Å². The minimum absolute atomic E-state index is 0. The predicted octanol–water partition coefficient (Wildman–Crippen LogP) is 2.78. The Morgan fingerprint density at radius 1 is 1.24 bits per heavy atom. The highest BCUT2D eigenvalue weighted by molar-refractivity contribution is 5.85. The topological polar surface area (TPSA) is 15.3 Å². The number of likely N-dealkylation sites (tertiary alicyclic amines) is 1. The van der Waals surface area contributed by atoms with Gasteiger partial charge in [0.2, 0.25) is 0 Å². The van der Waals surface area contributed by atoms with Crippen molar-refractivity contribution >= 4 is 12.4 Å². The second-order valence-corrected chi connectivity index (χ2v) is 6.12. The average Bonchev–Trinajstić information content (AvgIpc) is 2.30. The maximum atomic E-state index is 3.53. The van der Waals surface area contributed by atoms with Crippen LogP contribution in [0.3, 0.4) is 0 Å². The van der Waals surface area contributed by atoms with Gasteiger partial charge in [-0.1, -0.05) is 13.8 Å². The molecule has 0 aromatic heterocycles. The van der Waals surface area contributed by atoms with Crippen LogP contribution in [0.25, 0.3) is 0 Å². The number of rotatable bonds is 3. The summed E-state index contributed by atoms with van der Waals surface area (Å²) in [6.45, 7) is 11.3. The van der Waals surface area contributed by atoms with E-state index >= 15 is 0 Å². The lowest BCUT2D eigenvalue weighted by molar-refractivity contribution is 0.120. The Morgan fingerprint density at radius 2 is 2.06 bits per heavy atom. The van der Waals surface area contributed by atoms with Gasteiger partial charge in [0.05, 0.1) is 0 Å². The summed E-state index contributed by atoms with van der Waals surface area (Å²) in [5, 5.41) is 3.53. The molecule has 2 aliphatic rings. The van der Waals surface area contributed by atoms with E-state index in [9.17, 15) is 0 Å². The monoisotopic (exact) mass is 260 g/mol. The normalized spacial score (nSPS) is 31.2. The molecule has 2 rings (SSSR count). The molecule has 0 aromatic rings. The van der Waals surface area contributed by atoms with Gasteiger partial charge in [-0.25, -0.2) is 0 Å². The molecule has 2 aliphatic heterocycles. The molecular formula is C14H29ClN2. The fourth-order valence-electron chi connectivity index (χ4n) is 3.25. The third kappa shape index (κ3) is 4.76. The van der Waals surface area contributed by atoms with Crippen LogP contribution in [0.2, 0.25) is 0 Å². The van der Waals surface area contributed by atoms with Crippen molar-refractivity contribution in [2.45, 2.75) is 39.5 Å². The summed E-state index contributed by atoms with van der Waals surface area (Å²) in [4.78, 5) is 2.73. The Hall–Kier alpha value is 0.210. The van der Waals surface area contributed by atoms with Crippen molar-refractivity contribution < 1.29 is 0 Å². The molecule has 2 atom stereocenters. The lowest BCUT2D eigenvalue weighted by Crippen LogP contribution is -2.43. The molecule has 0 aliphatic carbocycles. The highest BCUT2D eigenvalue weighted by atomic mass is 35.5. The molecule has 1 N–H and O–H groups in total. The first-order valence-corrected chi connectivity index (χ1v) is 7.19. The maximum absolute atomic E-state index is 3.53. The number of nitrogens with one attached hydrogen (secondary N) is 1. The van der Waals surface area contributed by atoms with Crippen molar-refractivity contribution in [3.8, 4) is 0 Å². The van der Waals surface area contributed by atoms with Crippen molar-refractivity contribution in [3.63, 3.8) is 0 Å². The quantitative estimate of drug-likeness (QED) is 0.840. The Morgan fingerprint density at radius 3 is 2.71 bits per heavy atom. The van der Waals surface area contributed by atoms with Gasteiger partial charge >= 0.3 is 0 Å². The lowest BCUT2D eigenvalue weighted by Gasteiger charge is -2.37. The van der Waals surface area contributed by atoms with Crippen molar-refractivity contribution in [2.75, 3.05) is 32.7 Å². The third-order valence-corrected chi connectivity index (χ3v) is 4.40. The highest BCUT2D eigenvalue weighted by Gasteiger charge is 2.24. The first kappa shape index (κ1) is 15.3. The maximum Gasteiger partial charge on any atom is 0.00219 e. The molecular weight excluding hydrogens is 232 g/mol. The van der Waals surface area contributed by atoms with Crippen LogP contribution >= 0.6 is 12.4 Å². The van der Waals surface area contributed by atoms with E-state index in [2.05, 4.69) is 24.1 Å². The third-order valence-electron chi connectivity index (χ3n) is 4.40. The van der Waals surface area contributed by atoms with Crippen LogP contribution in [0.4, 0.5) is 0 Å². The van der Waals surface area contributed by atoms with E-state index in [0.717, 1.165) is 17.8 Å². The second-order valence-electron chi connectivity index (χ2n) is 6.12. The Bertz CT molecular complexity index is 202.